The second kappa shape index (κ2) is 12.3. The van der Waals surface area contributed by atoms with Gasteiger partial charge in [-0.25, -0.2) is 10.2 Å². The van der Waals surface area contributed by atoms with E-state index in [2.05, 4.69) is 47.4 Å². The van der Waals surface area contributed by atoms with Crippen LogP contribution in [0.5, 0.6) is 5.75 Å². The molecule has 6 aromatic rings. The van der Waals surface area contributed by atoms with Crippen LogP contribution in [0.2, 0.25) is 0 Å². The van der Waals surface area contributed by atoms with Crippen molar-refractivity contribution in [2.24, 2.45) is 5.10 Å². The fourth-order valence-corrected chi connectivity index (χ4v) is 6.33. The Kier molecular flexibility index (Phi) is 8.30. The maximum absolute atomic E-state index is 13.6. The Balaban J connectivity index is 1.32. The van der Waals surface area contributed by atoms with Gasteiger partial charge in [-0.05, 0) is 57.2 Å². The molecule has 0 unspecified atom stereocenters. The minimum absolute atomic E-state index is 0.000618. The van der Waals surface area contributed by atoms with Crippen LogP contribution in [0.1, 0.15) is 32.0 Å². The summed E-state index contributed by atoms with van der Waals surface area (Å²) in [6, 6.07) is 28.5. The molecule has 0 radical (unpaired) electrons. The summed E-state index contributed by atoms with van der Waals surface area (Å²) in [4.78, 5) is 29.7. The van der Waals surface area contributed by atoms with Gasteiger partial charge in [0.25, 0.3) is 5.91 Å². The molecule has 0 atom stereocenters. The van der Waals surface area contributed by atoms with E-state index in [9.17, 15) is 22.8 Å². The van der Waals surface area contributed by atoms with Crippen LogP contribution in [0.15, 0.2) is 117 Å². The van der Waals surface area contributed by atoms with E-state index in [1.54, 1.807) is 12.1 Å². The van der Waals surface area contributed by atoms with Crippen LogP contribution in [0, 0.1) is 0 Å². The highest BCUT2D eigenvalue weighted by atomic mass is 79.9. The van der Waals surface area contributed by atoms with Crippen LogP contribution >= 0.6 is 31.9 Å². The number of nitrogens with one attached hydrogen (secondary N) is 2. The zero-order valence-electron chi connectivity index (χ0n) is 23.0. The molecule has 224 valence electrons. The van der Waals surface area contributed by atoms with Gasteiger partial charge >= 0.3 is 12.1 Å². The van der Waals surface area contributed by atoms with E-state index < -0.39 is 23.6 Å². The molecule has 0 bridgehead atoms. The van der Waals surface area contributed by atoms with Gasteiger partial charge in [0.2, 0.25) is 0 Å². The molecule has 0 fully saturated rings. The number of hydrogen-bond donors (Lipinski definition) is 2. The number of amides is 1. The first-order valence-electron chi connectivity index (χ1n) is 13.4. The third-order valence-electron chi connectivity index (χ3n) is 7.02. The molecule has 6 nitrogen and oxygen atoms in total. The Hall–Kier alpha value is -4.74. The second-order valence-electron chi connectivity index (χ2n) is 9.92. The van der Waals surface area contributed by atoms with Gasteiger partial charge in [0.15, 0.2) is 5.75 Å². The van der Waals surface area contributed by atoms with Crippen molar-refractivity contribution in [1.82, 2.24) is 10.4 Å². The van der Waals surface area contributed by atoms with Crippen LogP contribution < -0.4 is 10.2 Å². The average molecular weight is 735 g/mol. The summed E-state index contributed by atoms with van der Waals surface area (Å²) in [5.41, 5.74) is 4.22. The predicted molar refractivity (Wildman–Crippen MR) is 175 cm³/mol. The van der Waals surface area contributed by atoms with E-state index in [0.717, 1.165) is 45.4 Å². The Bertz CT molecular complexity index is 2130. The van der Waals surface area contributed by atoms with Gasteiger partial charge in [0.1, 0.15) is 5.69 Å². The summed E-state index contributed by atoms with van der Waals surface area (Å²) in [5.74, 6) is -1.51. The molecule has 0 saturated heterocycles. The highest BCUT2D eigenvalue weighted by Crippen LogP contribution is 2.37. The fraction of sp³-hybridized carbons (Fsp3) is 0.0294. The Labute approximate surface area is 271 Å². The number of carbonyl (C=O) groups excluding carboxylic acids is 2. The summed E-state index contributed by atoms with van der Waals surface area (Å²) in [6.07, 6.45) is -3.34. The van der Waals surface area contributed by atoms with Crippen molar-refractivity contribution in [3.63, 3.8) is 0 Å². The highest BCUT2D eigenvalue weighted by Gasteiger charge is 2.31. The maximum Gasteiger partial charge on any atom is 0.416 e. The molecular formula is C34H20Br2F3N3O3. The summed E-state index contributed by atoms with van der Waals surface area (Å²) < 4.78 is 46.0. The van der Waals surface area contributed by atoms with Gasteiger partial charge in [-0.2, -0.15) is 18.3 Å². The number of ether oxygens (including phenoxy) is 1. The average Bonchev–Trinajstić information content (AvgIpc) is 3.43. The van der Waals surface area contributed by atoms with E-state index in [1.807, 2.05) is 66.7 Å². The lowest BCUT2D eigenvalue weighted by Gasteiger charge is -2.12. The van der Waals surface area contributed by atoms with Crippen molar-refractivity contribution < 1.29 is 27.5 Å². The van der Waals surface area contributed by atoms with Crippen LogP contribution in [0.3, 0.4) is 0 Å². The monoisotopic (exact) mass is 733 g/mol. The fourth-order valence-electron chi connectivity index (χ4n) is 4.99. The molecule has 6 rings (SSSR count). The molecule has 0 aliphatic heterocycles. The summed E-state index contributed by atoms with van der Waals surface area (Å²) in [7, 11) is 0. The molecule has 5 aromatic carbocycles. The number of alkyl halides is 3. The Morgan fingerprint density at radius 2 is 1.60 bits per heavy atom. The number of halogens is 5. The summed E-state index contributed by atoms with van der Waals surface area (Å²) >= 11 is 6.71. The van der Waals surface area contributed by atoms with E-state index in [1.165, 1.54) is 12.3 Å². The summed E-state index contributed by atoms with van der Waals surface area (Å²) in [5, 5.41) is 6.97. The first-order valence-corrected chi connectivity index (χ1v) is 15.0. The highest BCUT2D eigenvalue weighted by molar-refractivity contribution is 9.11. The number of carbonyl (C=O) groups is 2. The number of rotatable bonds is 6. The molecule has 0 aliphatic carbocycles. The molecule has 0 spiro atoms. The number of benzene rings is 5. The van der Waals surface area contributed by atoms with Gasteiger partial charge in [-0.15, -0.1) is 0 Å². The third kappa shape index (κ3) is 6.27. The van der Waals surface area contributed by atoms with Crippen LogP contribution in [0.4, 0.5) is 13.2 Å². The zero-order valence-corrected chi connectivity index (χ0v) is 26.1. The number of H-pyrrole nitrogens is 1. The molecule has 0 saturated carbocycles. The van der Waals surface area contributed by atoms with Crippen molar-refractivity contribution in [3.05, 3.63) is 134 Å². The number of hydrogen-bond acceptors (Lipinski definition) is 4. The number of esters is 1. The van der Waals surface area contributed by atoms with Gasteiger partial charge in [0.05, 0.1) is 27.3 Å². The van der Waals surface area contributed by atoms with E-state index >= 15 is 0 Å². The number of aromatic amines is 1. The van der Waals surface area contributed by atoms with Gasteiger partial charge in [-0.3, -0.25) is 4.79 Å². The van der Waals surface area contributed by atoms with Crippen LogP contribution in [-0.2, 0) is 6.18 Å². The van der Waals surface area contributed by atoms with Gasteiger partial charge < -0.3 is 9.72 Å². The minimum atomic E-state index is -4.62. The third-order valence-corrected chi connectivity index (χ3v) is 8.06. The van der Waals surface area contributed by atoms with E-state index in [-0.39, 0.29) is 16.9 Å². The molecule has 1 aromatic heterocycles. The number of fused-ring (bicyclic) bond motifs is 3. The number of hydrazone groups is 1. The van der Waals surface area contributed by atoms with Crippen LogP contribution in [0.25, 0.3) is 32.8 Å². The lowest BCUT2D eigenvalue weighted by atomic mass is 9.99. The normalized spacial score (nSPS) is 11.8. The lowest BCUT2D eigenvalue weighted by molar-refractivity contribution is -0.137. The number of aromatic nitrogens is 1. The topological polar surface area (TPSA) is 83.5 Å². The largest absolute Gasteiger partial charge is 0.421 e. The van der Waals surface area contributed by atoms with Gasteiger partial charge in [-0.1, -0.05) is 88.7 Å². The van der Waals surface area contributed by atoms with Crippen molar-refractivity contribution in [2.45, 2.75) is 6.18 Å². The first kappa shape index (κ1) is 30.3. The summed E-state index contributed by atoms with van der Waals surface area (Å²) in [6.45, 7) is 0. The molecule has 2 N–H and O–H groups in total. The van der Waals surface area contributed by atoms with Gasteiger partial charge in [0, 0.05) is 26.4 Å². The molecule has 11 heteroatoms. The molecule has 0 aliphatic rings. The second-order valence-corrected chi connectivity index (χ2v) is 11.7. The van der Waals surface area contributed by atoms with Crippen molar-refractivity contribution in [3.8, 4) is 16.9 Å². The molecule has 1 heterocycles. The van der Waals surface area contributed by atoms with Crippen molar-refractivity contribution in [2.75, 3.05) is 0 Å². The van der Waals surface area contributed by atoms with E-state index in [4.69, 9.17) is 4.74 Å². The van der Waals surface area contributed by atoms with Crippen molar-refractivity contribution >= 4 is 71.6 Å². The minimum Gasteiger partial charge on any atom is -0.421 e. The predicted octanol–water partition coefficient (Wildman–Crippen LogP) is 9.51. The molecular weight excluding hydrogens is 715 g/mol. The van der Waals surface area contributed by atoms with E-state index in [0.29, 0.717) is 20.2 Å². The molecule has 1 amide bonds. The lowest BCUT2D eigenvalue weighted by Crippen LogP contribution is -2.19. The van der Waals surface area contributed by atoms with Crippen molar-refractivity contribution in [1.29, 1.82) is 0 Å². The van der Waals surface area contributed by atoms with Crippen LogP contribution in [-0.4, -0.2) is 23.1 Å². The SMILES string of the molecule is O=C(Oc1c(Br)cc(Br)cc1C=NNC(=O)c1[nH]c2c(ccc3ccccc32)c1-c1ccccc1)c1cccc(C(F)(F)F)c1. The standard InChI is InChI=1S/C34H20Br2F3N3O3/c35-24-16-22(31(27(36)17-24)45-33(44)21-10-6-11-23(15-21)34(37,38)39)18-40-42-32(43)30-28(20-8-2-1-3-9-20)26-14-13-19-7-4-5-12-25(19)29(26)41-30/h1-18,41H,(H,42,43). The quantitative estimate of drug-likeness (QED) is 0.0774. The zero-order chi connectivity index (χ0) is 31.7. The molecule has 45 heavy (non-hydrogen) atoms. The maximum atomic E-state index is 13.6. The Morgan fingerprint density at radius 1 is 0.844 bits per heavy atom. The Morgan fingerprint density at radius 3 is 2.38 bits per heavy atom. The smallest absolute Gasteiger partial charge is 0.416 e. The first-order chi connectivity index (χ1) is 21.6. The number of nitrogens with zero attached hydrogens (tertiary/aromatic N) is 1.